The first-order chi connectivity index (χ1) is 36.7. The molecule has 10 heterocycles. The van der Waals surface area contributed by atoms with Gasteiger partial charge in [0.1, 0.15) is 40.2 Å². The molecule has 10 rings (SSSR count). The van der Waals surface area contributed by atoms with Crippen LogP contribution in [0.3, 0.4) is 0 Å². The average molecular weight is 1210 g/mol. The monoisotopic (exact) mass is 1210 g/mol. The summed E-state index contributed by atoms with van der Waals surface area (Å²) in [7, 11) is 8.12. The summed E-state index contributed by atoms with van der Waals surface area (Å²) >= 11 is 7.89. The summed E-state index contributed by atoms with van der Waals surface area (Å²) in [5.41, 5.74) is 5.28. The van der Waals surface area contributed by atoms with E-state index >= 15 is 0 Å². The number of aromatic amines is 1. The molecule has 0 aromatic carbocycles. The first-order valence-electron chi connectivity index (χ1n) is 24.7. The first kappa shape index (κ1) is 64.7. The molecule has 4 fully saturated rings. The van der Waals surface area contributed by atoms with Gasteiger partial charge < -0.3 is 51.9 Å². The summed E-state index contributed by atoms with van der Waals surface area (Å²) < 4.78 is 35.6. The molecule has 4 aliphatic rings. The van der Waals surface area contributed by atoms with Crippen molar-refractivity contribution in [3.8, 4) is 0 Å². The van der Waals surface area contributed by atoms with E-state index in [2.05, 4.69) is 41.2 Å². The van der Waals surface area contributed by atoms with E-state index in [1.54, 1.807) is 31.0 Å². The third-order valence-corrected chi connectivity index (χ3v) is 12.7. The first-order valence-corrected chi connectivity index (χ1v) is 25.9. The van der Waals surface area contributed by atoms with Gasteiger partial charge in [-0.05, 0) is 74.9 Å². The molecule has 10 N–H and O–H groups in total. The number of ether oxygens (including phenoxy) is 4. The minimum Gasteiger partial charge on any atom is -0.400 e. The van der Waals surface area contributed by atoms with Gasteiger partial charge in [-0.3, -0.25) is 28.3 Å². The fourth-order valence-corrected chi connectivity index (χ4v) is 8.54. The smallest absolute Gasteiger partial charge is 0.343 e. The van der Waals surface area contributed by atoms with Gasteiger partial charge in [0, 0.05) is 120 Å². The lowest BCUT2D eigenvalue weighted by molar-refractivity contribution is 0.0829. The average Bonchev–Trinajstić information content (AvgIpc) is 4.28. The van der Waals surface area contributed by atoms with Gasteiger partial charge in [0.25, 0.3) is 17.0 Å². The van der Waals surface area contributed by atoms with E-state index in [-0.39, 0.29) is 53.3 Å². The molecule has 0 unspecified atom stereocenters. The van der Waals surface area contributed by atoms with E-state index < -0.39 is 5.69 Å². The molecule has 0 aliphatic carbocycles. The number of alkyl halides is 1. The largest absolute Gasteiger partial charge is 0.400 e. The fourth-order valence-electron chi connectivity index (χ4n) is 8.39. The van der Waals surface area contributed by atoms with Gasteiger partial charge >= 0.3 is 5.69 Å². The molecule has 0 bridgehead atoms. The highest BCUT2D eigenvalue weighted by Gasteiger charge is 2.26. The number of Topliss-reactive ketones (excluding diaryl/α,β-unsaturated/α-hetero) is 1. The van der Waals surface area contributed by atoms with Crippen LogP contribution in [-0.2, 0) is 33.0 Å². The van der Waals surface area contributed by atoms with Crippen molar-refractivity contribution in [1.82, 2.24) is 63.0 Å². The molecule has 0 radical (unpaired) electrons. The summed E-state index contributed by atoms with van der Waals surface area (Å²) in [6, 6.07) is 0. The number of nitrogen functional groups attached to an aromatic ring is 2. The number of carbonyl (C=O) groups is 2. The van der Waals surface area contributed by atoms with E-state index in [1.807, 2.05) is 22.6 Å². The number of aliphatic hydroxyl groups is 2. The number of ketones is 1. The van der Waals surface area contributed by atoms with Crippen LogP contribution >= 0.6 is 34.2 Å². The molecule has 4 aliphatic heterocycles. The lowest BCUT2D eigenvalue weighted by atomic mass is 10.00. The van der Waals surface area contributed by atoms with E-state index in [9.17, 15) is 24.0 Å². The number of halogens is 2. The van der Waals surface area contributed by atoms with Gasteiger partial charge in [-0.2, -0.15) is 0 Å². The Bertz CT molecular complexity index is 2880. The molecule has 426 valence electrons. The van der Waals surface area contributed by atoms with Crippen molar-refractivity contribution >= 4 is 56.9 Å². The molecular weight excluding hydrogens is 1130 g/mol. The maximum Gasteiger partial charge on any atom is 0.343 e. The molecule has 76 heavy (non-hydrogen) atoms. The number of amides is 1. The second-order valence-electron chi connectivity index (χ2n) is 16.6. The van der Waals surface area contributed by atoms with Crippen LogP contribution in [0.4, 0.5) is 0 Å². The molecule has 1 amide bonds. The standard InChI is InChI=1S/C11H13ClN4O2.C11H14N4O3.C10H16N4O2.C10H15N3O2.CH3I.CH5N.2CH4O.CH4/c1-15-10(17)8-6-13-9(16(8)14-11(15)12)7-2-4-18-5-3-7;1-14-10(16)8-6-12-9(15(8)13-11(14)17)7-2-4-18-5-3-7;1-12-10(15)8-6-13-9(14(8)11)7-2-4-16-5-3-7;1-7(14)9-6-12-10(13(9)11)8-2-4-15-5-3-8;4*1-2;/h6-7H,2-5H2,1H3;6-7H,2-5H2,1H3,(H,13,17);6-7H,2-5,11H2,1H3,(H,12,15);6,8H,2-5,11H2,1H3;1H3;2H2,1H3;2*2H,1H3;1H4/i;;;;1D;;;;. The Morgan fingerprint density at radius 3 is 1.45 bits per heavy atom. The molecule has 27 nitrogen and oxygen atoms in total. The SMILES string of the molecule is C.CC(=O)c1cnc(C2CCOCC2)n1N.CN.CNC(=O)c1cnc(C2CCOCC2)n1N.CO.CO.Cn1c(=O)[nH]n2c(C3CCOCC3)ncc2c1=O.Cn1c(Cl)nn2c(C3CCOCC3)ncc2c1=O.[2H]CI. The van der Waals surface area contributed by atoms with Crippen molar-refractivity contribution < 1.29 is 40.1 Å². The highest BCUT2D eigenvalue weighted by atomic mass is 127. The van der Waals surface area contributed by atoms with Gasteiger partial charge in [-0.15, -0.1) is 5.10 Å². The third kappa shape index (κ3) is 16.7. The zero-order chi connectivity index (χ0) is 56.5. The maximum atomic E-state index is 12.0. The van der Waals surface area contributed by atoms with Gasteiger partial charge in [0.05, 0.1) is 24.8 Å². The number of nitrogens with two attached hydrogens (primary N) is 3. The maximum absolute atomic E-state index is 12.0. The Labute approximate surface area is 460 Å². The number of hydrogen-bond acceptors (Lipinski definition) is 19. The molecule has 4 saturated heterocycles. The molecule has 0 saturated carbocycles. The van der Waals surface area contributed by atoms with Crippen molar-refractivity contribution in [2.75, 3.05) is 97.8 Å². The second-order valence-corrected chi connectivity index (χ2v) is 16.9. The Hall–Kier alpha value is -5.60. The summed E-state index contributed by atoms with van der Waals surface area (Å²) in [5, 5.41) is 23.6. The normalized spacial score (nSPS) is 15.9. The minimum absolute atomic E-state index is 0. The number of hydrogen-bond donors (Lipinski definition) is 7. The number of aliphatic hydroxyl groups excluding tert-OH is 2. The van der Waals surface area contributed by atoms with Gasteiger partial charge in [0.2, 0.25) is 5.28 Å². The van der Waals surface area contributed by atoms with Crippen LogP contribution < -0.4 is 39.5 Å². The zero-order valence-corrected chi connectivity index (χ0v) is 46.5. The predicted octanol–water partition coefficient (Wildman–Crippen LogP) is 1.61. The molecular formula is C47H78ClIN16O11. The number of fused-ring (bicyclic) bond motifs is 2. The van der Waals surface area contributed by atoms with Crippen LogP contribution in [0.25, 0.3) is 11.0 Å². The highest BCUT2D eigenvalue weighted by Crippen LogP contribution is 2.28. The summed E-state index contributed by atoms with van der Waals surface area (Å²) in [6.45, 7) is 7.26. The number of H-pyrrole nitrogens is 1. The van der Waals surface area contributed by atoms with Crippen LogP contribution in [0.2, 0.25) is 5.28 Å². The highest BCUT2D eigenvalue weighted by molar-refractivity contribution is 14.1. The summed E-state index contributed by atoms with van der Waals surface area (Å²) in [5.74, 6) is 15.6. The molecule has 0 atom stereocenters. The Balaban J connectivity index is 0.000000333. The van der Waals surface area contributed by atoms with Crippen molar-refractivity contribution in [3.05, 3.63) is 95.9 Å². The van der Waals surface area contributed by atoms with Crippen LogP contribution in [0, 0.1) is 0 Å². The molecule has 6 aromatic heterocycles. The quantitative estimate of drug-likeness (QED) is 0.0539. The topological polar surface area (TPSA) is 362 Å². The van der Waals surface area contributed by atoms with E-state index in [4.69, 9.17) is 53.8 Å². The summed E-state index contributed by atoms with van der Waals surface area (Å²) in [6.07, 6.45) is 13.3. The Kier molecular flexibility index (Phi) is 29.1. The molecule has 0 spiro atoms. The zero-order valence-electron chi connectivity index (χ0n) is 44.6. The minimum atomic E-state index is -0.432. The lowest BCUT2D eigenvalue weighted by Crippen LogP contribution is -2.35. The Morgan fingerprint density at radius 1 is 0.671 bits per heavy atom. The van der Waals surface area contributed by atoms with Crippen molar-refractivity contribution in [3.63, 3.8) is 0 Å². The number of rotatable bonds is 6. The number of imidazole rings is 4. The number of nitrogens with zero attached hydrogens (tertiary/aromatic N) is 11. The fraction of sp³-hybridized carbons (Fsp3) is 0.617. The van der Waals surface area contributed by atoms with E-state index in [0.29, 0.717) is 46.5 Å². The van der Waals surface area contributed by atoms with Crippen LogP contribution in [-0.4, -0.2) is 166 Å². The van der Waals surface area contributed by atoms with Gasteiger partial charge in [0.15, 0.2) is 11.3 Å². The van der Waals surface area contributed by atoms with E-state index in [1.165, 1.54) is 51.8 Å². The lowest BCUT2D eigenvalue weighted by Gasteiger charge is -2.21. The van der Waals surface area contributed by atoms with Crippen LogP contribution in [0.5, 0.6) is 0 Å². The molecule has 6 aromatic rings. The van der Waals surface area contributed by atoms with Crippen LogP contribution in [0.1, 0.15) is 135 Å². The predicted molar refractivity (Wildman–Crippen MR) is 297 cm³/mol. The van der Waals surface area contributed by atoms with E-state index in [0.717, 1.165) is 133 Å². The van der Waals surface area contributed by atoms with Crippen molar-refractivity contribution in [1.29, 1.82) is 0 Å². The van der Waals surface area contributed by atoms with Crippen LogP contribution in [0.15, 0.2) is 39.2 Å². The van der Waals surface area contributed by atoms with Gasteiger partial charge in [-0.25, -0.2) is 48.2 Å². The third-order valence-electron chi connectivity index (χ3n) is 12.4. The number of nitrogens with one attached hydrogen (secondary N) is 2. The van der Waals surface area contributed by atoms with Crippen molar-refractivity contribution in [2.45, 2.75) is 89.4 Å². The second kappa shape index (κ2) is 34.2. The molecule has 29 heteroatoms. The summed E-state index contributed by atoms with van der Waals surface area (Å²) in [4.78, 5) is 75.7. The number of carbonyl (C=O) groups excluding carboxylic acids is 2. The van der Waals surface area contributed by atoms with Crippen molar-refractivity contribution in [2.24, 2.45) is 19.8 Å². The van der Waals surface area contributed by atoms with Gasteiger partial charge in [-0.1, -0.05) is 30.0 Å². The number of aromatic nitrogens is 12. The Morgan fingerprint density at radius 2 is 1.03 bits per heavy atom.